The number of nitrogens with zero attached hydrogens (tertiary/aromatic N) is 1. The van der Waals surface area contributed by atoms with E-state index in [1.165, 1.54) is 31.9 Å². The van der Waals surface area contributed by atoms with Crippen molar-refractivity contribution >= 4 is 16.9 Å². The molecule has 0 bridgehead atoms. The van der Waals surface area contributed by atoms with Gasteiger partial charge in [0.2, 0.25) is 0 Å². The van der Waals surface area contributed by atoms with Gasteiger partial charge in [0.15, 0.2) is 0 Å². The van der Waals surface area contributed by atoms with Gasteiger partial charge in [0, 0.05) is 43.2 Å². The predicted molar refractivity (Wildman–Crippen MR) is 92.7 cm³/mol. The Kier molecular flexibility index (Phi) is 4.71. The molecule has 2 heterocycles. The summed E-state index contributed by atoms with van der Waals surface area (Å²) in [6.07, 6.45) is 5.53. The van der Waals surface area contributed by atoms with E-state index < -0.39 is 0 Å². The average Bonchev–Trinajstić information content (AvgIpc) is 2.91. The third-order valence-corrected chi connectivity index (χ3v) is 5.10. The van der Waals surface area contributed by atoms with Gasteiger partial charge >= 0.3 is 5.97 Å². The number of fused-ring (bicyclic) bond motifs is 1. The van der Waals surface area contributed by atoms with E-state index in [9.17, 15) is 4.79 Å². The topological polar surface area (TPSA) is 45.3 Å². The van der Waals surface area contributed by atoms with E-state index in [0.717, 1.165) is 35.8 Å². The molecule has 4 heteroatoms. The maximum atomic E-state index is 11.3. The van der Waals surface area contributed by atoms with Crippen LogP contribution in [0.4, 0.5) is 0 Å². The lowest BCUT2D eigenvalue weighted by Gasteiger charge is -2.48. The summed E-state index contributed by atoms with van der Waals surface area (Å²) < 4.78 is 5.38. The van der Waals surface area contributed by atoms with E-state index in [0.29, 0.717) is 5.75 Å². The zero-order valence-corrected chi connectivity index (χ0v) is 14.3. The van der Waals surface area contributed by atoms with Crippen molar-refractivity contribution in [2.45, 2.75) is 46.1 Å². The standard InChI is InChI=1S/C19H26N2O2/c1-4-14-12-21(17(14)5-2)10-9-15-11-20-16-7-6-8-18(19(15)16)23-13(3)22/h6-8,11,14,17,20H,4-5,9-10,12H2,1-3H3. The fourth-order valence-corrected chi connectivity index (χ4v) is 3.89. The van der Waals surface area contributed by atoms with Crippen LogP contribution in [-0.2, 0) is 11.2 Å². The van der Waals surface area contributed by atoms with Crippen molar-refractivity contribution in [1.29, 1.82) is 0 Å². The molecule has 2 unspecified atom stereocenters. The number of rotatable bonds is 6. The van der Waals surface area contributed by atoms with E-state index in [1.54, 1.807) is 0 Å². The Morgan fingerprint density at radius 3 is 2.87 bits per heavy atom. The van der Waals surface area contributed by atoms with Gasteiger partial charge in [-0.15, -0.1) is 0 Å². The molecule has 4 nitrogen and oxygen atoms in total. The van der Waals surface area contributed by atoms with Crippen LogP contribution in [0.1, 0.15) is 39.2 Å². The first-order valence-electron chi connectivity index (χ1n) is 8.65. The van der Waals surface area contributed by atoms with Gasteiger partial charge in [-0.3, -0.25) is 9.69 Å². The number of carbonyl (C=O) groups excluding carboxylic acids is 1. The lowest BCUT2D eigenvalue weighted by atomic mass is 9.84. The molecule has 2 aromatic rings. The number of aromatic nitrogens is 1. The van der Waals surface area contributed by atoms with Crippen LogP contribution < -0.4 is 4.74 Å². The first-order chi connectivity index (χ1) is 11.1. The smallest absolute Gasteiger partial charge is 0.308 e. The Morgan fingerprint density at radius 1 is 1.35 bits per heavy atom. The van der Waals surface area contributed by atoms with Crippen LogP contribution in [0, 0.1) is 5.92 Å². The molecule has 1 aromatic heterocycles. The van der Waals surface area contributed by atoms with Crippen LogP contribution in [0.25, 0.3) is 10.9 Å². The van der Waals surface area contributed by atoms with Crippen molar-refractivity contribution in [3.05, 3.63) is 30.0 Å². The molecule has 23 heavy (non-hydrogen) atoms. The number of H-pyrrole nitrogens is 1. The lowest BCUT2D eigenvalue weighted by molar-refractivity contribution is -0.131. The van der Waals surface area contributed by atoms with Gasteiger partial charge in [-0.25, -0.2) is 0 Å². The zero-order valence-electron chi connectivity index (χ0n) is 14.3. The van der Waals surface area contributed by atoms with E-state index in [1.807, 2.05) is 18.2 Å². The molecule has 1 N–H and O–H groups in total. The predicted octanol–water partition coefficient (Wildman–Crippen LogP) is 3.76. The second-order valence-corrected chi connectivity index (χ2v) is 6.48. The normalized spacial score (nSPS) is 21.3. The lowest BCUT2D eigenvalue weighted by Crippen LogP contribution is -2.56. The molecule has 1 aliphatic heterocycles. The molecular weight excluding hydrogens is 288 g/mol. The second kappa shape index (κ2) is 6.75. The first-order valence-corrected chi connectivity index (χ1v) is 8.65. The van der Waals surface area contributed by atoms with Gasteiger partial charge in [-0.1, -0.05) is 26.3 Å². The third-order valence-electron chi connectivity index (χ3n) is 5.10. The molecule has 1 aromatic carbocycles. The van der Waals surface area contributed by atoms with Crippen LogP contribution in [0.15, 0.2) is 24.4 Å². The number of carbonyl (C=O) groups is 1. The number of aromatic amines is 1. The monoisotopic (exact) mass is 314 g/mol. The van der Waals surface area contributed by atoms with Crippen molar-refractivity contribution in [2.75, 3.05) is 13.1 Å². The molecule has 124 valence electrons. The number of nitrogens with one attached hydrogen (secondary N) is 1. The average molecular weight is 314 g/mol. The third kappa shape index (κ3) is 3.13. The second-order valence-electron chi connectivity index (χ2n) is 6.48. The molecule has 0 aliphatic carbocycles. The highest BCUT2D eigenvalue weighted by Gasteiger charge is 2.35. The summed E-state index contributed by atoms with van der Waals surface area (Å²) in [5.74, 6) is 1.25. The maximum Gasteiger partial charge on any atom is 0.308 e. The highest BCUT2D eigenvalue weighted by Crippen LogP contribution is 2.32. The molecular formula is C19H26N2O2. The van der Waals surface area contributed by atoms with Gasteiger partial charge in [0.1, 0.15) is 5.75 Å². The number of likely N-dealkylation sites (tertiary alicyclic amines) is 1. The van der Waals surface area contributed by atoms with Crippen LogP contribution in [0.5, 0.6) is 5.75 Å². The van der Waals surface area contributed by atoms with Crippen molar-refractivity contribution in [3.8, 4) is 5.75 Å². The van der Waals surface area contributed by atoms with E-state index >= 15 is 0 Å². The Morgan fingerprint density at radius 2 is 2.17 bits per heavy atom. The summed E-state index contributed by atoms with van der Waals surface area (Å²) in [5.41, 5.74) is 2.26. The van der Waals surface area contributed by atoms with Crippen molar-refractivity contribution < 1.29 is 9.53 Å². The number of esters is 1. The minimum Gasteiger partial charge on any atom is -0.426 e. The Bertz CT molecular complexity index is 692. The van der Waals surface area contributed by atoms with Crippen molar-refractivity contribution in [3.63, 3.8) is 0 Å². The van der Waals surface area contributed by atoms with Gasteiger partial charge in [0.05, 0.1) is 0 Å². The fraction of sp³-hybridized carbons (Fsp3) is 0.526. The van der Waals surface area contributed by atoms with Gasteiger partial charge in [-0.05, 0) is 36.5 Å². The van der Waals surface area contributed by atoms with Crippen LogP contribution in [-0.4, -0.2) is 35.0 Å². The number of ether oxygens (including phenoxy) is 1. The molecule has 3 rings (SSSR count). The van der Waals surface area contributed by atoms with Gasteiger partial charge in [-0.2, -0.15) is 0 Å². The maximum absolute atomic E-state index is 11.3. The van der Waals surface area contributed by atoms with Crippen LogP contribution >= 0.6 is 0 Å². The molecule has 0 radical (unpaired) electrons. The number of hydrogen-bond donors (Lipinski definition) is 1. The fourth-order valence-electron chi connectivity index (χ4n) is 3.89. The quantitative estimate of drug-likeness (QED) is 0.652. The van der Waals surface area contributed by atoms with E-state index in [2.05, 4.69) is 29.9 Å². The van der Waals surface area contributed by atoms with E-state index in [4.69, 9.17) is 4.74 Å². The van der Waals surface area contributed by atoms with Crippen molar-refractivity contribution in [2.24, 2.45) is 5.92 Å². The summed E-state index contributed by atoms with van der Waals surface area (Å²) in [6, 6.07) is 6.54. The molecule has 0 amide bonds. The summed E-state index contributed by atoms with van der Waals surface area (Å²) >= 11 is 0. The van der Waals surface area contributed by atoms with E-state index in [-0.39, 0.29) is 5.97 Å². The number of benzene rings is 1. The largest absolute Gasteiger partial charge is 0.426 e. The van der Waals surface area contributed by atoms with Crippen LogP contribution in [0.3, 0.4) is 0 Å². The summed E-state index contributed by atoms with van der Waals surface area (Å²) in [4.78, 5) is 17.2. The molecule has 0 spiro atoms. The molecule has 1 fully saturated rings. The molecule has 0 saturated carbocycles. The molecule has 1 saturated heterocycles. The van der Waals surface area contributed by atoms with Crippen molar-refractivity contribution in [1.82, 2.24) is 9.88 Å². The minimum atomic E-state index is -0.274. The van der Waals surface area contributed by atoms with Gasteiger partial charge < -0.3 is 9.72 Å². The Labute approximate surface area is 137 Å². The Balaban J connectivity index is 1.75. The zero-order chi connectivity index (χ0) is 16.4. The summed E-state index contributed by atoms with van der Waals surface area (Å²) in [5, 5.41) is 1.04. The summed E-state index contributed by atoms with van der Waals surface area (Å²) in [6.45, 7) is 8.30. The summed E-state index contributed by atoms with van der Waals surface area (Å²) in [7, 11) is 0. The first kappa shape index (κ1) is 16.1. The SMILES string of the molecule is CCC1CN(CCc2c[nH]c3cccc(OC(C)=O)c23)C1CC. The highest BCUT2D eigenvalue weighted by molar-refractivity contribution is 5.91. The highest BCUT2D eigenvalue weighted by atomic mass is 16.5. The minimum absolute atomic E-state index is 0.274. The number of hydrogen-bond acceptors (Lipinski definition) is 3. The molecule has 2 atom stereocenters. The molecule has 1 aliphatic rings. The Hall–Kier alpha value is -1.81. The van der Waals surface area contributed by atoms with Gasteiger partial charge in [0.25, 0.3) is 0 Å². The van der Waals surface area contributed by atoms with Crippen LogP contribution in [0.2, 0.25) is 0 Å².